The van der Waals surface area contributed by atoms with Gasteiger partial charge in [0.15, 0.2) is 0 Å². The van der Waals surface area contributed by atoms with Gasteiger partial charge in [-0.25, -0.2) is 8.78 Å². The Morgan fingerprint density at radius 2 is 1.92 bits per heavy atom. The zero-order valence-corrected chi connectivity index (χ0v) is 13.2. The fraction of sp³-hybridized carbons (Fsp3) is 0.188. The van der Waals surface area contributed by atoms with E-state index in [0.717, 1.165) is 18.2 Å². The molecule has 0 heterocycles. The highest BCUT2D eigenvalue weighted by atomic mass is 19.1. The largest absolute Gasteiger partial charge is 0.383 e. The summed E-state index contributed by atoms with van der Waals surface area (Å²) in [4.78, 5) is 22.7. The number of amides is 1. The Kier molecular flexibility index (Phi) is 5.96. The van der Waals surface area contributed by atoms with Crippen molar-refractivity contribution in [2.75, 3.05) is 30.9 Å². The second-order valence-corrected chi connectivity index (χ2v) is 4.98. The number of benzene rings is 2. The summed E-state index contributed by atoms with van der Waals surface area (Å²) in [5.74, 6) is -2.51. The van der Waals surface area contributed by atoms with E-state index in [-0.39, 0.29) is 16.9 Å². The summed E-state index contributed by atoms with van der Waals surface area (Å²) in [5.41, 5.74) is -0.250. The predicted octanol–water partition coefficient (Wildman–Crippen LogP) is 3.18. The van der Waals surface area contributed by atoms with Crippen molar-refractivity contribution in [3.63, 3.8) is 0 Å². The molecule has 2 aromatic carbocycles. The van der Waals surface area contributed by atoms with Gasteiger partial charge in [0.05, 0.1) is 22.8 Å². The maximum Gasteiger partial charge on any atom is 0.270 e. The molecule has 9 heteroatoms. The molecule has 0 saturated heterocycles. The number of nitro benzene ring substituents is 1. The molecule has 0 spiro atoms. The molecule has 25 heavy (non-hydrogen) atoms. The van der Waals surface area contributed by atoms with Crippen molar-refractivity contribution in [2.24, 2.45) is 0 Å². The molecule has 2 N–H and O–H groups in total. The minimum atomic E-state index is -0.951. The molecule has 0 aromatic heterocycles. The van der Waals surface area contributed by atoms with Gasteiger partial charge < -0.3 is 15.4 Å². The van der Waals surface area contributed by atoms with Crippen LogP contribution in [-0.4, -0.2) is 31.1 Å². The number of ether oxygens (including phenoxy) is 1. The van der Waals surface area contributed by atoms with Gasteiger partial charge in [-0.2, -0.15) is 0 Å². The third-order valence-corrected chi connectivity index (χ3v) is 3.26. The number of nitrogens with one attached hydrogen (secondary N) is 2. The highest BCUT2D eigenvalue weighted by molar-refractivity contribution is 6.08. The lowest BCUT2D eigenvalue weighted by molar-refractivity contribution is -0.384. The van der Waals surface area contributed by atoms with Crippen molar-refractivity contribution >= 4 is 23.0 Å². The van der Waals surface area contributed by atoms with E-state index in [0.29, 0.717) is 24.9 Å². The number of anilines is 2. The van der Waals surface area contributed by atoms with E-state index in [4.69, 9.17) is 4.74 Å². The Morgan fingerprint density at radius 3 is 2.56 bits per heavy atom. The average Bonchev–Trinajstić information content (AvgIpc) is 2.57. The van der Waals surface area contributed by atoms with E-state index in [1.807, 2.05) is 0 Å². The third-order valence-electron chi connectivity index (χ3n) is 3.26. The van der Waals surface area contributed by atoms with E-state index < -0.39 is 22.5 Å². The Labute approximate surface area is 141 Å². The fourth-order valence-corrected chi connectivity index (χ4v) is 2.06. The van der Waals surface area contributed by atoms with Gasteiger partial charge in [0.25, 0.3) is 11.6 Å². The maximum absolute atomic E-state index is 13.7. The first kappa shape index (κ1) is 18.3. The van der Waals surface area contributed by atoms with Crippen LogP contribution in [0.2, 0.25) is 0 Å². The third kappa shape index (κ3) is 4.70. The number of nitrogens with zero attached hydrogens (tertiary/aromatic N) is 1. The van der Waals surface area contributed by atoms with E-state index in [9.17, 15) is 23.7 Å². The van der Waals surface area contributed by atoms with Crippen molar-refractivity contribution in [1.82, 2.24) is 0 Å². The number of carbonyl (C=O) groups is 1. The van der Waals surface area contributed by atoms with Gasteiger partial charge in [-0.15, -0.1) is 0 Å². The summed E-state index contributed by atoms with van der Waals surface area (Å²) >= 11 is 0. The summed E-state index contributed by atoms with van der Waals surface area (Å²) in [6.45, 7) is 0.712. The summed E-state index contributed by atoms with van der Waals surface area (Å²) in [6.07, 6.45) is 0. The SMILES string of the molecule is COCCNc1ccc([N+](=O)[O-])cc1C(=O)Nc1ccc(F)cc1F. The first-order chi connectivity index (χ1) is 11.9. The first-order valence-corrected chi connectivity index (χ1v) is 7.20. The van der Waals surface area contributed by atoms with Gasteiger partial charge in [-0.1, -0.05) is 0 Å². The molecule has 1 amide bonds. The van der Waals surface area contributed by atoms with E-state index in [1.54, 1.807) is 0 Å². The summed E-state index contributed by atoms with van der Waals surface area (Å²) in [7, 11) is 1.50. The molecular weight excluding hydrogens is 336 g/mol. The van der Waals surface area contributed by atoms with Crippen molar-refractivity contribution in [3.8, 4) is 0 Å². The topological polar surface area (TPSA) is 93.5 Å². The lowest BCUT2D eigenvalue weighted by atomic mass is 10.1. The highest BCUT2D eigenvalue weighted by Gasteiger charge is 2.18. The van der Waals surface area contributed by atoms with Crippen LogP contribution < -0.4 is 10.6 Å². The van der Waals surface area contributed by atoms with Gasteiger partial charge in [-0.05, 0) is 18.2 Å². The molecule has 0 aliphatic heterocycles. The van der Waals surface area contributed by atoms with Crippen LogP contribution in [-0.2, 0) is 4.74 Å². The summed E-state index contributed by atoms with van der Waals surface area (Å²) in [6, 6.07) is 6.38. The van der Waals surface area contributed by atoms with Crippen LogP contribution in [0.5, 0.6) is 0 Å². The molecule has 7 nitrogen and oxygen atoms in total. The van der Waals surface area contributed by atoms with Crippen molar-refractivity contribution in [2.45, 2.75) is 0 Å². The second-order valence-electron chi connectivity index (χ2n) is 4.98. The molecule has 2 aromatic rings. The van der Waals surface area contributed by atoms with Gasteiger partial charge >= 0.3 is 0 Å². The molecular formula is C16H15F2N3O4. The maximum atomic E-state index is 13.7. The van der Waals surface area contributed by atoms with Crippen LogP contribution in [0.1, 0.15) is 10.4 Å². The van der Waals surface area contributed by atoms with E-state index >= 15 is 0 Å². The summed E-state index contributed by atoms with van der Waals surface area (Å²) < 4.78 is 31.5. The molecule has 132 valence electrons. The van der Waals surface area contributed by atoms with Gasteiger partial charge in [0.1, 0.15) is 11.6 Å². The molecule has 0 fully saturated rings. The van der Waals surface area contributed by atoms with E-state index in [2.05, 4.69) is 10.6 Å². The molecule has 0 aliphatic carbocycles. The minimum absolute atomic E-state index is 0.0472. The smallest absolute Gasteiger partial charge is 0.270 e. The molecule has 0 atom stereocenters. The molecule has 0 bridgehead atoms. The monoisotopic (exact) mass is 351 g/mol. The number of methoxy groups -OCH3 is 1. The minimum Gasteiger partial charge on any atom is -0.383 e. The van der Waals surface area contributed by atoms with Crippen LogP contribution >= 0.6 is 0 Å². The number of carbonyl (C=O) groups excluding carboxylic acids is 1. The quantitative estimate of drug-likeness (QED) is 0.454. The van der Waals surface area contributed by atoms with Gasteiger partial charge in [0, 0.05) is 37.5 Å². The molecule has 0 saturated carbocycles. The van der Waals surface area contributed by atoms with Crippen molar-refractivity contribution < 1.29 is 23.2 Å². The normalized spacial score (nSPS) is 10.4. The molecule has 2 rings (SSSR count). The zero-order valence-electron chi connectivity index (χ0n) is 13.2. The Morgan fingerprint density at radius 1 is 1.20 bits per heavy atom. The van der Waals surface area contributed by atoms with Crippen LogP contribution in [0.4, 0.5) is 25.8 Å². The Hall–Kier alpha value is -3.07. The highest BCUT2D eigenvalue weighted by Crippen LogP contribution is 2.24. The Bertz CT molecular complexity index is 799. The molecule has 0 radical (unpaired) electrons. The predicted molar refractivity (Wildman–Crippen MR) is 87.8 cm³/mol. The number of nitro groups is 1. The lowest BCUT2D eigenvalue weighted by Gasteiger charge is -2.12. The van der Waals surface area contributed by atoms with Crippen molar-refractivity contribution in [3.05, 3.63) is 63.7 Å². The van der Waals surface area contributed by atoms with Crippen LogP contribution in [0.15, 0.2) is 36.4 Å². The van der Waals surface area contributed by atoms with Gasteiger partial charge in [0.2, 0.25) is 0 Å². The van der Waals surface area contributed by atoms with Crippen LogP contribution in [0.25, 0.3) is 0 Å². The average molecular weight is 351 g/mol. The number of rotatable bonds is 7. The summed E-state index contributed by atoms with van der Waals surface area (Å²) in [5, 5.41) is 16.1. The van der Waals surface area contributed by atoms with E-state index in [1.165, 1.54) is 19.2 Å². The number of non-ortho nitro benzene ring substituents is 1. The molecule has 0 aliphatic rings. The molecule has 0 unspecified atom stereocenters. The van der Waals surface area contributed by atoms with Crippen LogP contribution in [0, 0.1) is 21.7 Å². The Balaban J connectivity index is 2.31. The fourth-order valence-electron chi connectivity index (χ4n) is 2.06. The standard InChI is InChI=1S/C16H15F2N3O4/c1-25-7-6-19-14-5-3-11(21(23)24)9-12(14)16(22)20-15-4-2-10(17)8-13(15)18/h2-5,8-9,19H,6-7H2,1H3,(H,20,22). The van der Waals surface area contributed by atoms with Gasteiger partial charge in [-0.3, -0.25) is 14.9 Å². The lowest BCUT2D eigenvalue weighted by Crippen LogP contribution is -2.17. The zero-order chi connectivity index (χ0) is 18.4. The first-order valence-electron chi connectivity index (χ1n) is 7.20. The van der Waals surface area contributed by atoms with Crippen LogP contribution in [0.3, 0.4) is 0 Å². The number of hydrogen-bond donors (Lipinski definition) is 2. The number of halogens is 2. The number of hydrogen-bond acceptors (Lipinski definition) is 5. The van der Waals surface area contributed by atoms with Crippen molar-refractivity contribution in [1.29, 1.82) is 0 Å². The second kappa shape index (κ2) is 8.15.